The van der Waals surface area contributed by atoms with Gasteiger partial charge in [-0.05, 0) is 30.4 Å². The Morgan fingerprint density at radius 3 is 2.63 bits per heavy atom. The molecule has 0 amide bonds. The molecule has 0 saturated carbocycles. The fraction of sp³-hybridized carbons (Fsp3) is 0.375. The van der Waals surface area contributed by atoms with E-state index in [1.165, 1.54) is 16.3 Å². The summed E-state index contributed by atoms with van der Waals surface area (Å²) in [5, 5.41) is 2.56. The Morgan fingerprint density at radius 2 is 1.84 bits per heavy atom. The molecule has 1 atom stereocenters. The zero-order chi connectivity index (χ0) is 13.7. The van der Waals surface area contributed by atoms with Crippen molar-refractivity contribution in [3.05, 3.63) is 48.0 Å². The molecule has 0 aliphatic heterocycles. The van der Waals surface area contributed by atoms with Crippen molar-refractivity contribution in [3.8, 4) is 0 Å². The van der Waals surface area contributed by atoms with Crippen LogP contribution in [0.3, 0.4) is 0 Å². The molecule has 3 heteroatoms. The minimum absolute atomic E-state index is 0.110. The Bertz CT molecular complexity index is 520. The molecule has 19 heavy (non-hydrogen) atoms. The Labute approximate surface area is 120 Å². The fourth-order valence-corrected chi connectivity index (χ4v) is 3.22. The van der Waals surface area contributed by atoms with Crippen LogP contribution in [-0.2, 0) is 0 Å². The van der Waals surface area contributed by atoms with Gasteiger partial charge in [0, 0.05) is 24.1 Å². The lowest BCUT2D eigenvalue weighted by atomic mass is 10.0. The number of nitrogens with two attached hydrogens (primary N) is 1. The molecule has 0 aliphatic carbocycles. The SMILES string of the molecule is CN(C)CCSCC(N)c1cccc2ccccc12. The van der Waals surface area contributed by atoms with Gasteiger partial charge in [0.05, 0.1) is 0 Å². The number of hydrogen-bond donors (Lipinski definition) is 1. The van der Waals surface area contributed by atoms with Crippen molar-refractivity contribution in [1.82, 2.24) is 4.90 Å². The third-order valence-corrected chi connectivity index (χ3v) is 4.27. The molecule has 2 nitrogen and oxygen atoms in total. The van der Waals surface area contributed by atoms with Crippen LogP contribution >= 0.6 is 11.8 Å². The first-order chi connectivity index (χ1) is 9.18. The average molecular weight is 274 g/mol. The topological polar surface area (TPSA) is 29.3 Å². The van der Waals surface area contributed by atoms with Crippen LogP contribution in [0.1, 0.15) is 11.6 Å². The number of thioether (sulfide) groups is 1. The highest BCUT2D eigenvalue weighted by molar-refractivity contribution is 7.99. The highest BCUT2D eigenvalue weighted by Crippen LogP contribution is 2.25. The van der Waals surface area contributed by atoms with E-state index >= 15 is 0 Å². The number of fused-ring (bicyclic) bond motifs is 1. The maximum atomic E-state index is 6.34. The molecule has 102 valence electrons. The Morgan fingerprint density at radius 1 is 1.11 bits per heavy atom. The largest absolute Gasteiger partial charge is 0.323 e. The normalized spacial score (nSPS) is 13.1. The van der Waals surface area contributed by atoms with E-state index in [-0.39, 0.29) is 6.04 Å². The summed E-state index contributed by atoms with van der Waals surface area (Å²) in [7, 11) is 4.20. The van der Waals surface area contributed by atoms with Crippen molar-refractivity contribution in [2.45, 2.75) is 6.04 Å². The van der Waals surface area contributed by atoms with Crippen molar-refractivity contribution in [3.63, 3.8) is 0 Å². The van der Waals surface area contributed by atoms with Gasteiger partial charge in [0.1, 0.15) is 0 Å². The summed E-state index contributed by atoms with van der Waals surface area (Å²) >= 11 is 1.93. The summed E-state index contributed by atoms with van der Waals surface area (Å²) in [6.07, 6.45) is 0. The number of rotatable bonds is 6. The maximum Gasteiger partial charge on any atom is 0.0392 e. The molecule has 2 N–H and O–H groups in total. The van der Waals surface area contributed by atoms with E-state index in [0.29, 0.717) is 0 Å². The van der Waals surface area contributed by atoms with Crippen molar-refractivity contribution in [2.24, 2.45) is 5.73 Å². The van der Waals surface area contributed by atoms with Crippen molar-refractivity contribution < 1.29 is 0 Å². The molecule has 0 radical (unpaired) electrons. The van der Waals surface area contributed by atoms with Gasteiger partial charge in [0.2, 0.25) is 0 Å². The van der Waals surface area contributed by atoms with Gasteiger partial charge in [0.15, 0.2) is 0 Å². The van der Waals surface area contributed by atoms with Crippen LogP contribution in [0.2, 0.25) is 0 Å². The van der Waals surface area contributed by atoms with Gasteiger partial charge in [0.25, 0.3) is 0 Å². The second-order valence-electron chi connectivity index (χ2n) is 5.05. The quantitative estimate of drug-likeness (QED) is 0.821. The molecule has 2 aromatic rings. The zero-order valence-electron chi connectivity index (χ0n) is 11.7. The summed E-state index contributed by atoms with van der Waals surface area (Å²) in [5.41, 5.74) is 7.60. The van der Waals surface area contributed by atoms with E-state index < -0.39 is 0 Å². The first-order valence-electron chi connectivity index (χ1n) is 6.64. The third-order valence-electron chi connectivity index (χ3n) is 3.20. The second-order valence-corrected chi connectivity index (χ2v) is 6.20. The fourth-order valence-electron chi connectivity index (χ4n) is 2.12. The van der Waals surface area contributed by atoms with E-state index in [1.54, 1.807) is 0 Å². The van der Waals surface area contributed by atoms with Gasteiger partial charge < -0.3 is 10.6 Å². The Balaban J connectivity index is 2.03. The van der Waals surface area contributed by atoms with Crippen LogP contribution in [0, 0.1) is 0 Å². The molecular formula is C16H22N2S. The van der Waals surface area contributed by atoms with E-state index in [4.69, 9.17) is 5.73 Å². The highest BCUT2D eigenvalue weighted by atomic mass is 32.2. The molecule has 1 unspecified atom stereocenters. The highest BCUT2D eigenvalue weighted by Gasteiger charge is 2.09. The molecule has 0 aromatic heterocycles. The predicted octanol–water partition coefficient (Wildman–Crippen LogP) is 3.13. The third kappa shape index (κ3) is 3.96. The van der Waals surface area contributed by atoms with Crippen LogP contribution < -0.4 is 5.73 Å². The predicted molar refractivity (Wildman–Crippen MR) is 86.8 cm³/mol. The van der Waals surface area contributed by atoms with Gasteiger partial charge in [-0.25, -0.2) is 0 Å². The van der Waals surface area contributed by atoms with Crippen LogP contribution in [0.25, 0.3) is 10.8 Å². The van der Waals surface area contributed by atoms with Crippen LogP contribution in [0.4, 0.5) is 0 Å². The smallest absolute Gasteiger partial charge is 0.0392 e. The summed E-state index contributed by atoms with van der Waals surface area (Å²) in [4.78, 5) is 2.20. The summed E-state index contributed by atoms with van der Waals surface area (Å²) in [5.74, 6) is 2.10. The number of hydrogen-bond acceptors (Lipinski definition) is 3. The van der Waals surface area contributed by atoms with Gasteiger partial charge in [-0.3, -0.25) is 0 Å². The van der Waals surface area contributed by atoms with Crippen LogP contribution in [0.15, 0.2) is 42.5 Å². The second kappa shape index (κ2) is 6.94. The molecule has 0 aliphatic rings. The standard InChI is InChI=1S/C16H22N2S/c1-18(2)10-11-19-12-16(17)15-9-5-7-13-6-3-4-8-14(13)15/h3-9,16H,10-12,17H2,1-2H3. The van der Waals surface area contributed by atoms with Crippen molar-refractivity contribution >= 4 is 22.5 Å². The molecule has 2 aromatic carbocycles. The first kappa shape index (κ1) is 14.4. The monoisotopic (exact) mass is 274 g/mol. The molecule has 0 saturated heterocycles. The zero-order valence-corrected chi connectivity index (χ0v) is 12.5. The Hall–Kier alpha value is -1.03. The minimum atomic E-state index is 0.110. The van der Waals surface area contributed by atoms with Crippen molar-refractivity contribution in [2.75, 3.05) is 32.1 Å². The first-order valence-corrected chi connectivity index (χ1v) is 7.79. The lowest BCUT2D eigenvalue weighted by molar-refractivity contribution is 0.437. The molecule has 0 fully saturated rings. The van der Waals surface area contributed by atoms with E-state index in [1.807, 2.05) is 11.8 Å². The van der Waals surface area contributed by atoms with E-state index in [0.717, 1.165) is 18.1 Å². The van der Waals surface area contributed by atoms with E-state index in [2.05, 4.69) is 61.5 Å². The summed E-state index contributed by atoms with van der Waals surface area (Å²) in [6, 6.07) is 15.0. The van der Waals surface area contributed by atoms with Crippen LogP contribution in [0.5, 0.6) is 0 Å². The minimum Gasteiger partial charge on any atom is -0.323 e. The number of benzene rings is 2. The average Bonchev–Trinajstić information content (AvgIpc) is 2.42. The van der Waals surface area contributed by atoms with Gasteiger partial charge >= 0.3 is 0 Å². The lowest BCUT2D eigenvalue weighted by Gasteiger charge is -2.15. The molecular weight excluding hydrogens is 252 g/mol. The van der Waals surface area contributed by atoms with Crippen LogP contribution in [-0.4, -0.2) is 37.0 Å². The lowest BCUT2D eigenvalue weighted by Crippen LogP contribution is -2.17. The molecule has 0 bridgehead atoms. The molecule has 0 spiro atoms. The number of nitrogens with zero attached hydrogens (tertiary/aromatic N) is 1. The summed E-state index contributed by atoms with van der Waals surface area (Å²) in [6.45, 7) is 1.10. The molecule has 2 rings (SSSR count). The maximum absolute atomic E-state index is 6.34. The van der Waals surface area contributed by atoms with Gasteiger partial charge in [-0.2, -0.15) is 11.8 Å². The Kier molecular flexibility index (Phi) is 5.25. The van der Waals surface area contributed by atoms with E-state index in [9.17, 15) is 0 Å². The van der Waals surface area contributed by atoms with Crippen molar-refractivity contribution in [1.29, 1.82) is 0 Å². The summed E-state index contributed by atoms with van der Waals surface area (Å²) < 4.78 is 0. The van der Waals surface area contributed by atoms with Gasteiger partial charge in [-0.15, -0.1) is 0 Å². The molecule has 0 heterocycles. The van der Waals surface area contributed by atoms with Gasteiger partial charge in [-0.1, -0.05) is 42.5 Å².